The van der Waals surface area contributed by atoms with Crippen LogP contribution >= 0.6 is 0 Å². The van der Waals surface area contributed by atoms with E-state index in [0.29, 0.717) is 23.3 Å². The van der Waals surface area contributed by atoms with Gasteiger partial charge in [0.1, 0.15) is 17.8 Å². The molecule has 82 valence electrons. The van der Waals surface area contributed by atoms with E-state index >= 15 is 0 Å². The highest BCUT2D eigenvalue weighted by molar-refractivity contribution is 5.64. The number of carbonyl (C=O) groups is 1. The summed E-state index contributed by atoms with van der Waals surface area (Å²) in [6.07, 6.45) is 0.673. The third-order valence-corrected chi connectivity index (χ3v) is 2.25. The molecule has 0 aliphatic carbocycles. The van der Waals surface area contributed by atoms with Crippen molar-refractivity contribution in [2.24, 2.45) is 5.73 Å². The average molecular weight is 209 g/mol. The van der Waals surface area contributed by atoms with Gasteiger partial charge in [0.25, 0.3) is 0 Å². The number of aldehydes is 1. The largest absolute Gasteiger partial charge is 0.496 e. The highest BCUT2D eigenvalue weighted by atomic mass is 16.5. The summed E-state index contributed by atoms with van der Waals surface area (Å²) in [5.41, 5.74) is 7.22. The third-order valence-electron chi connectivity index (χ3n) is 2.25. The summed E-state index contributed by atoms with van der Waals surface area (Å²) >= 11 is 0. The highest BCUT2D eigenvalue weighted by Gasteiger charge is 2.14. The minimum atomic E-state index is -0.686. The van der Waals surface area contributed by atoms with Crippen molar-refractivity contribution in [3.63, 3.8) is 0 Å². The number of rotatable bonds is 4. The molecule has 0 fully saturated rings. The molecular formula is C11H15NO3. The molecular weight excluding hydrogens is 194 g/mol. The van der Waals surface area contributed by atoms with Crippen molar-refractivity contribution >= 4 is 6.29 Å². The Labute approximate surface area is 89.0 Å². The zero-order valence-corrected chi connectivity index (χ0v) is 9.11. The van der Waals surface area contributed by atoms with Gasteiger partial charge in [0.2, 0.25) is 0 Å². The van der Waals surface area contributed by atoms with Gasteiger partial charge in [-0.05, 0) is 24.6 Å². The second-order valence-electron chi connectivity index (χ2n) is 3.23. The number of methoxy groups -OCH3 is 2. The Morgan fingerprint density at radius 3 is 2.33 bits per heavy atom. The van der Waals surface area contributed by atoms with Crippen LogP contribution in [0.5, 0.6) is 11.5 Å². The maximum atomic E-state index is 10.6. The molecule has 4 heteroatoms. The van der Waals surface area contributed by atoms with E-state index in [1.807, 2.05) is 6.92 Å². The standard InChI is InChI=1S/C11H15NO3/c1-7-4-11(15-3)8(9(12)6-13)5-10(7)14-2/h4-6,9H,12H2,1-3H3. The minimum absolute atomic E-state index is 0.605. The molecule has 0 saturated carbocycles. The fourth-order valence-electron chi connectivity index (χ4n) is 1.41. The van der Waals surface area contributed by atoms with Gasteiger partial charge in [-0.25, -0.2) is 0 Å². The van der Waals surface area contributed by atoms with Gasteiger partial charge in [-0.1, -0.05) is 0 Å². The van der Waals surface area contributed by atoms with E-state index < -0.39 is 6.04 Å². The van der Waals surface area contributed by atoms with Gasteiger partial charge in [-0.15, -0.1) is 0 Å². The van der Waals surface area contributed by atoms with Gasteiger partial charge in [0.15, 0.2) is 0 Å². The summed E-state index contributed by atoms with van der Waals surface area (Å²) in [4.78, 5) is 10.6. The molecule has 0 radical (unpaired) electrons. The summed E-state index contributed by atoms with van der Waals surface area (Å²) in [6, 6.07) is 2.85. The fourth-order valence-corrected chi connectivity index (χ4v) is 1.41. The summed E-state index contributed by atoms with van der Waals surface area (Å²) in [5, 5.41) is 0. The number of aryl methyl sites for hydroxylation is 1. The highest BCUT2D eigenvalue weighted by Crippen LogP contribution is 2.30. The fraction of sp³-hybridized carbons (Fsp3) is 0.364. The molecule has 0 heterocycles. The molecule has 1 aromatic rings. The Morgan fingerprint density at radius 1 is 1.27 bits per heavy atom. The number of hydrogen-bond donors (Lipinski definition) is 1. The van der Waals surface area contributed by atoms with Crippen molar-refractivity contribution in [2.45, 2.75) is 13.0 Å². The zero-order valence-electron chi connectivity index (χ0n) is 9.11. The second-order valence-corrected chi connectivity index (χ2v) is 3.23. The molecule has 0 amide bonds. The Balaban J connectivity index is 3.28. The summed E-state index contributed by atoms with van der Waals surface area (Å²) in [7, 11) is 3.12. The molecule has 1 aromatic carbocycles. The van der Waals surface area contributed by atoms with Crippen molar-refractivity contribution in [1.82, 2.24) is 0 Å². The molecule has 15 heavy (non-hydrogen) atoms. The molecule has 0 aromatic heterocycles. The van der Waals surface area contributed by atoms with Crippen LogP contribution in [0.1, 0.15) is 17.2 Å². The maximum absolute atomic E-state index is 10.6. The molecule has 0 saturated heterocycles. The van der Waals surface area contributed by atoms with Gasteiger partial charge < -0.3 is 20.0 Å². The van der Waals surface area contributed by atoms with Gasteiger partial charge in [0.05, 0.1) is 20.3 Å². The molecule has 1 rings (SSSR count). The Hall–Kier alpha value is -1.55. The number of carbonyl (C=O) groups excluding carboxylic acids is 1. The summed E-state index contributed by atoms with van der Waals surface area (Å²) in [6.45, 7) is 1.90. The van der Waals surface area contributed by atoms with Crippen LogP contribution in [0.4, 0.5) is 0 Å². The van der Waals surface area contributed by atoms with Crippen LogP contribution in [0, 0.1) is 6.92 Å². The van der Waals surface area contributed by atoms with Crippen LogP contribution < -0.4 is 15.2 Å². The summed E-state index contributed by atoms with van der Waals surface area (Å²) < 4.78 is 10.3. The molecule has 2 N–H and O–H groups in total. The number of benzene rings is 1. The second kappa shape index (κ2) is 4.79. The molecule has 0 spiro atoms. The van der Waals surface area contributed by atoms with E-state index in [1.54, 1.807) is 26.4 Å². The molecule has 4 nitrogen and oxygen atoms in total. The first-order valence-electron chi connectivity index (χ1n) is 4.57. The van der Waals surface area contributed by atoms with E-state index in [1.165, 1.54) is 0 Å². The van der Waals surface area contributed by atoms with Crippen LogP contribution in [-0.2, 0) is 4.79 Å². The van der Waals surface area contributed by atoms with E-state index in [4.69, 9.17) is 15.2 Å². The zero-order chi connectivity index (χ0) is 11.4. The van der Waals surface area contributed by atoms with Crippen LogP contribution in [0.15, 0.2) is 12.1 Å². The van der Waals surface area contributed by atoms with Crippen LogP contribution in [-0.4, -0.2) is 20.5 Å². The van der Waals surface area contributed by atoms with Gasteiger partial charge in [0, 0.05) is 5.56 Å². The topological polar surface area (TPSA) is 61.5 Å². The van der Waals surface area contributed by atoms with Crippen LogP contribution in [0.3, 0.4) is 0 Å². The lowest BCUT2D eigenvalue weighted by Gasteiger charge is -2.14. The predicted molar refractivity (Wildman–Crippen MR) is 57.3 cm³/mol. The van der Waals surface area contributed by atoms with Gasteiger partial charge in [-0.3, -0.25) is 0 Å². The normalized spacial score (nSPS) is 12.0. The van der Waals surface area contributed by atoms with E-state index in [2.05, 4.69) is 0 Å². The van der Waals surface area contributed by atoms with Gasteiger partial charge in [-0.2, -0.15) is 0 Å². The predicted octanol–water partition coefficient (Wildman–Crippen LogP) is 1.21. The lowest BCUT2D eigenvalue weighted by molar-refractivity contribution is -0.109. The number of nitrogens with two attached hydrogens (primary N) is 1. The SMILES string of the molecule is COc1cc(C(N)C=O)c(OC)cc1C. The van der Waals surface area contributed by atoms with Crippen LogP contribution in [0.25, 0.3) is 0 Å². The third kappa shape index (κ3) is 2.27. The first-order chi connectivity index (χ1) is 7.13. The average Bonchev–Trinajstić information content (AvgIpc) is 2.27. The Kier molecular flexibility index (Phi) is 3.68. The number of hydrogen-bond acceptors (Lipinski definition) is 4. The molecule has 0 aliphatic heterocycles. The van der Waals surface area contributed by atoms with Crippen molar-refractivity contribution in [1.29, 1.82) is 0 Å². The summed E-state index contributed by atoms with van der Waals surface area (Å²) in [5.74, 6) is 1.30. The first-order valence-corrected chi connectivity index (χ1v) is 4.57. The lowest BCUT2D eigenvalue weighted by atomic mass is 10.0. The molecule has 0 aliphatic rings. The van der Waals surface area contributed by atoms with E-state index in [9.17, 15) is 4.79 Å². The van der Waals surface area contributed by atoms with Gasteiger partial charge >= 0.3 is 0 Å². The molecule has 0 bridgehead atoms. The van der Waals surface area contributed by atoms with Crippen molar-refractivity contribution < 1.29 is 14.3 Å². The Bertz CT molecular complexity index is 363. The van der Waals surface area contributed by atoms with Crippen LogP contribution in [0.2, 0.25) is 0 Å². The van der Waals surface area contributed by atoms with E-state index in [0.717, 1.165) is 5.56 Å². The Morgan fingerprint density at radius 2 is 1.87 bits per heavy atom. The maximum Gasteiger partial charge on any atom is 0.141 e. The molecule has 1 unspecified atom stereocenters. The lowest BCUT2D eigenvalue weighted by Crippen LogP contribution is -2.13. The van der Waals surface area contributed by atoms with Crippen molar-refractivity contribution in [3.8, 4) is 11.5 Å². The smallest absolute Gasteiger partial charge is 0.141 e. The van der Waals surface area contributed by atoms with Crippen molar-refractivity contribution in [2.75, 3.05) is 14.2 Å². The quantitative estimate of drug-likeness (QED) is 0.757. The minimum Gasteiger partial charge on any atom is -0.496 e. The number of ether oxygens (including phenoxy) is 2. The van der Waals surface area contributed by atoms with E-state index in [-0.39, 0.29) is 0 Å². The molecule has 1 atom stereocenters. The first kappa shape index (κ1) is 11.5. The van der Waals surface area contributed by atoms with Crippen molar-refractivity contribution in [3.05, 3.63) is 23.3 Å². The monoisotopic (exact) mass is 209 g/mol.